The van der Waals surface area contributed by atoms with E-state index in [9.17, 15) is 4.79 Å². The number of amides is 2. The number of carbonyl (C=O) groups is 1. The summed E-state index contributed by atoms with van der Waals surface area (Å²) in [5.41, 5.74) is 0. The zero-order valence-electron chi connectivity index (χ0n) is 10.9. The highest BCUT2D eigenvalue weighted by atomic mass is 79.9. The van der Waals surface area contributed by atoms with Gasteiger partial charge in [0.2, 0.25) is 5.88 Å². The Morgan fingerprint density at radius 2 is 2.14 bits per heavy atom. The van der Waals surface area contributed by atoms with Crippen LogP contribution in [-0.4, -0.2) is 45.1 Å². The van der Waals surface area contributed by atoms with Crippen LogP contribution < -0.4 is 10.1 Å². The minimum atomic E-state index is -0.209. The molecule has 1 saturated heterocycles. The summed E-state index contributed by atoms with van der Waals surface area (Å²) in [7, 11) is 0. The van der Waals surface area contributed by atoms with Gasteiger partial charge < -0.3 is 9.64 Å². The predicted octanol–water partition coefficient (Wildman–Crippen LogP) is 1.93. The zero-order valence-corrected chi connectivity index (χ0v) is 12.5. The molecule has 0 aromatic carbocycles. The molecule has 0 atom stereocenters. The van der Waals surface area contributed by atoms with Crippen LogP contribution in [0, 0.1) is 0 Å². The molecule has 108 valence electrons. The average molecular weight is 350 g/mol. The van der Waals surface area contributed by atoms with Crippen LogP contribution in [0.2, 0.25) is 0 Å². The number of likely N-dealkylation sites (tertiary alicyclic amines) is 1. The molecule has 8 heteroatoms. The molecular formula is C13H12BrN5O2. The van der Waals surface area contributed by atoms with Gasteiger partial charge in [0.1, 0.15) is 6.10 Å². The number of aromatic nitrogens is 3. The van der Waals surface area contributed by atoms with Crippen molar-refractivity contribution in [2.75, 3.05) is 18.4 Å². The summed E-state index contributed by atoms with van der Waals surface area (Å²) in [6.07, 6.45) is 6.21. The van der Waals surface area contributed by atoms with E-state index in [4.69, 9.17) is 4.74 Å². The van der Waals surface area contributed by atoms with Crippen molar-refractivity contribution in [3.8, 4) is 5.88 Å². The van der Waals surface area contributed by atoms with Crippen LogP contribution in [0.4, 0.5) is 10.6 Å². The Morgan fingerprint density at radius 1 is 1.29 bits per heavy atom. The molecule has 1 N–H and O–H groups in total. The first kappa shape index (κ1) is 13.7. The monoisotopic (exact) mass is 349 g/mol. The molecule has 21 heavy (non-hydrogen) atoms. The molecule has 3 heterocycles. The SMILES string of the molecule is O=C(Nc1cnccn1)N1CC(Oc2ccc(Br)cn2)C1. The molecule has 2 aromatic heterocycles. The first-order chi connectivity index (χ1) is 10.2. The Kier molecular flexibility index (Phi) is 3.96. The largest absolute Gasteiger partial charge is 0.471 e. The predicted molar refractivity (Wildman–Crippen MR) is 79.0 cm³/mol. The number of hydrogen-bond donors (Lipinski definition) is 1. The molecule has 0 radical (unpaired) electrons. The van der Waals surface area contributed by atoms with Crippen molar-refractivity contribution >= 4 is 27.8 Å². The van der Waals surface area contributed by atoms with Crippen LogP contribution in [0.3, 0.4) is 0 Å². The van der Waals surface area contributed by atoms with Crippen LogP contribution in [-0.2, 0) is 0 Å². The lowest BCUT2D eigenvalue weighted by Gasteiger charge is -2.38. The van der Waals surface area contributed by atoms with Crippen molar-refractivity contribution < 1.29 is 9.53 Å². The highest BCUT2D eigenvalue weighted by molar-refractivity contribution is 9.10. The van der Waals surface area contributed by atoms with Crippen LogP contribution in [0.25, 0.3) is 0 Å². The number of halogens is 1. The molecule has 0 saturated carbocycles. The summed E-state index contributed by atoms with van der Waals surface area (Å²) >= 11 is 3.31. The van der Waals surface area contributed by atoms with E-state index in [1.54, 1.807) is 23.4 Å². The molecule has 1 aliphatic heterocycles. The van der Waals surface area contributed by atoms with Gasteiger partial charge in [0.25, 0.3) is 0 Å². The number of ether oxygens (including phenoxy) is 1. The number of rotatable bonds is 3. The topological polar surface area (TPSA) is 80.2 Å². The summed E-state index contributed by atoms with van der Waals surface area (Å²) in [5, 5.41) is 2.67. The Balaban J connectivity index is 1.47. The van der Waals surface area contributed by atoms with Gasteiger partial charge in [-0.15, -0.1) is 0 Å². The van der Waals surface area contributed by atoms with Gasteiger partial charge in [-0.1, -0.05) is 0 Å². The highest BCUT2D eigenvalue weighted by Gasteiger charge is 2.32. The van der Waals surface area contributed by atoms with E-state index in [1.165, 1.54) is 12.4 Å². The van der Waals surface area contributed by atoms with Crippen molar-refractivity contribution in [2.24, 2.45) is 0 Å². The van der Waals surface area contributed by atoms with Gasteiger partial charge in [0.15, 0.2) is 5.82 Å². The van der Waals surface area contributed by atoms with E-state index >= 15 is 0 Å². The summed E-state index contributed by atoms with van der Waals surface area (Å²) in [6, 6.07) is 3.44. The number of carbonyl (C=O) groups excluding carboxylic acids is 1. The third kappa shape index (κ3) is 3.46. The fraction of sp³-hybridized carbons (Fsp3) is 0.231. The van der Waals surface area contributed by atoms with Gasteiger partial charge in [0.05, 0.1) is 19.3 Å². The minimum Gasteiger partial charge on any atom is -0.471 e. The molecular weight excluding hydrogens is 338 g/mol. The second-order valence-corrected chi connectivity index (χ2v) is 5.40. The van der Waals surface area contributed by atoms with Crippen molar-refractivity contribution in [1.29, 1.82) is 0 Å². The van der Waals surface area contributed by atoms with Crippen LogP contribution in [0.5, 0.6) is 5.88 Å². The lowest BCUT2D eigenvalue weighted by atomic mass is 10.2. The Hall–Kier alpha value is -2.22. The van der Waals surface area contributed by atoms with Gasteiger partial charge in [-0.2, -0.15) is 0 Å². The van der Waals surface area contributed by atoms with E-state index in [0.717, 1.165) is 4.47 Å². The van der Waals surface area contributed by atoms with Crippen molar-refractivity contribution in [3.63, 3.8) is 0 Å². The molecule has 1 fully saturated rings. The van der Waals surface area contributed by atoms with Crippen molar-refractivity contribution in [1.82, 2.24) is 19.9 Å². The molecule has 1 aliphatic rings. The molecule has 0 bridgehead atoms. The fourth-order valence-corrected chi connectivity index (χ4v) is 2.07. The van der Waals surface area contributed by atoms with Gasteiger partial charge in [0, 0.05) is 29.1 Å². The number of urea groups is 1. The van der Waals surface area contributed by atoms with Gasteiger partial charge in [-0.3, -0.25) is 10.3 Å². The van der Waals surface area contributed by atoms with Crippen LogP contribution in [0.15, 0.2) is 41.4 Å². The third-order valence-corrected chi connectivity index (χ3v) is 3.39. The Morgan fingerprint density at radius 3 is 2.81 bits per heavy atom. The number of anilines is 1. The summed E-state index contributed by atoms with van der Waals surface area (Å²) in [5.74, 6) is 0.985. The normalized spacial score (nSPS) is 14.4. The molecule has 7 nitrogen and oxygen atoms in total. The molecule has 0 aliphatic carbocycles. The summed E-state index contributed by atoms with van der Waals surface area (Å²) in [6.45, 7) is 1.04. The lowest BCUT2D eigenvalue weighted by molar-refractivity contribution is 0.0460. The van der Waals surface area contributed by atoms with Gasteiger partial charge in [-0.25, -0.2) is 14.8 Å². The maximum Gasteiger partial charge on any atom is 0.323 e. The minimum absolute atomic E-state index is 0.0358. The first-order valence-corrected chi connectivity index (χ1v) is 7.10. The zero-order chi connectivity index (χ0) is 14.7. The third-order valence-electron chi connectivity index (χ3n) is 2.92. The van der Waals surface area contributed by atoms with E-state index in [-0.39, 0.29) is 12.1 Å². The van der Waals surface area contributed by atoms with E-state index < -0.39 is 0 Å². The maximum atomic E-state index is 11.9. The second kappa shape index (κ2) is 6.04. The molecule has 0 unspecified atom stereocenters. The van der Waals surface area contributed by atoms with Crippen molar-refractivity contribution in [3.05, 3.63) is 41.4 Å². The number of pyridine rings is 1. The van der Waals surface area contributed by atoms with Gasteiger partial charge >= 0.3 is 6.03 Å². The van der Waals surface area contributed by atoms with E-state index in [1.807, 2.05) is 6.07 Å². The molecule has 2 aromatic rings. The lowest BCUT2D eigenvalue weighted by Crippen LogP contribution is -2.57. The van der Waals surface area contributed by atoms with E-state index in [2.05, 4.69) is 36.2 Å². The Bertz CT molecular complexity index is 616. The number of nitrogens with one attached hydrogen (secondary N) is 1. The number of hydrogen-bond acceptors (Lipinski definition) is 5. The highest BCUT2D eigenvalue weighted by Crippen LogP contribution is 2.18. The Labute approximate surface area is 129 Å². The van der Waals surface area contributed by atoms with Crippen molar-refractivity contribution in [2.45, 2.75) is 6.10 Å². The second-order valence-electron chi connectivity index (χ2n) is 4.48. The summed E-state index contributed by atoms with van der Waals surface area (Å²) < 4.78 is 6.55. The quantitative estimate of drug-likeness (QED) is 0.915. The molecule has 3 rings (SSSR count). The fourth-order valence-electron chi connectivity index (χ4n) is 1.83. The molecule has 2 amide bonds. The molecule has 0 spiro atoms. The maximum absolute atomic E-state index is 11.9. The first-order valence-electron chi connectivity index (χ1n) is 6.31. The smallest absolute Gasteiger partial charge is 0.323 e. The van der Waals surface area contributed by atoms with Crippen LogP contribution in [0.1, 0.15) is 0 Å². The summed E-state index contributed by atoms with van der Waals surface area (Å²) in [4.78, 5) is 25.5. The van der Waals surface area contributed by atoms with Crippen LogP contribution >= 0.6 is 15.9 Å². The standard InChI is InChI=1S/C13H12BrN5O2/c14-9-1-2-12(17-5-9)21-10-7-19(8-10)13(20)18-11-6-15-3-4-16-11/h1-6,10H,7-8H2,(H,16,18,20). The number of nitrogens with zero attached hydrogens (tertiary/aromatic N) is 4. The van der Waals surface area contributed by atoms with Gasteiger partial charge in [-0.05, 0) is 22.0 Å². The average Bonchev–Trinajstić information content (AvgIpc) is 2.45. The van der Waals surface area contributed by atoms with E-state index in [0.29, 0.717) is 24.8 Å².